The molecule has 11 heavy (non-hydrogen) atoms. The number of halogens is 1. The number of nitrogens with zero attached hydrogens (tertiary/aromatic N) is 1. The van der Waals surface area contributed by atoms with E-state index in [0.717, 1.165) is 0 Å². The van der Waals surface area contributed by atoms with Gasteiger partial charge in [-0.25, -0.2) is 4.98 Å². The number of ether oxygens (including phenoxy) is 1. The zero-order chi connectivity index (χ0) is 8.27. The maximum atomic E-state index is 5.64. The number of pyridine rings is 1. The highest BCUT2D eigenvalue weighted by Crippen LogP contribution is 2.19. The van der Waals surface area contributed by atoms with Crippen molar-refractivity contribution in [1.29, 1.82) is 0 Å². The molecule has 58 valence electrons. The molecular weight excluding hydrogens is 162 g/mol. The van der Waals surface area contributed by atoms with Crippen LogP contribution < -0.4 is 4.74 Å². The van der Waals surface area contributed by atoms with Gasteiger partial charge in [-0.05, 0) is 18.2 Å². The van der Waals surface area contributed by atoms with Crippen molar-refractivity contribution in [3.05, 3.63) is 29.6 Å². The van der Waals surface area contributed by atoms with E-state index < -0.39 is 0 Å². The summed E-state index contributed by atoms with van der Waals surface area (Å²) in [7, 11) is 1.58. The van der Waals surface area contributed by atoms with Crippen molar-refractivity contribution in [2.24, 2.45) is 0 Å². The minimum Gasteiger partial charge on any atom is -0.494 e. The normalized spacial score (nSPS) is 9.27. The Morgan fingerprint density at radius 1 is 1.64 bits per heavy atom. The van der Waals surface area contributed by atoms with E-state index in [4.69, 9.17) is 16.3 Å². The van der Waals surface area contributed by atoms with E-state index in [1.165, 1.54) is 0 Å². The Kier molecular flexibility index (Phi) is 2.49. The van der Waals surface area contributed by atoms with E-state index in [2.05, 4.69) is 11.6 Å². The fourth-order valence-corrected chi connectivity index (χ4v) is 0.910. The van der Waals surface area contributed by atoms with Crippen molar-refractivity contribution in [2.75, 3.05) is 7.11 Å². The van der Waals surface area contributed by atoms with Gasteiger partial charge in [0.15, 0.2) is 0 Å². The molecule has 0 aromatic carbocycles. The van der Waals surface area contributed by atoms with Crippen LogP contribution in [-0.2, 0) is 0 Å². The van der Waals surface area contributed by atoms with Crippen LogP contribution in [0.1, 0.15) is 5.69 Å². The monoisotopic (exact) mass is 169 g/mol. The molecule has 0 unspecified atom stereocenters. The first kappa shape index (κ1) is 8.08. The summed E-state index contributed by atoms with van der Waals surface area (Å²) in [5, 5.41) is 0.445. The van der Waals surface area contributed by atoms with Gasteiger partial charge in [0.2, 0.25) is 0 Å². The zero-order valence-corrected chi connectivity index (χ0v) is 6.93. The van der Waals surface area contributed by atoms with Gasteiger partial charge in [-0.1, -0.05) is 18.2 Å². The lowest BCUT2D eigenvalue weighted by atomic mass is 10.3. The van der Waals surface area contributed by atoms with Gasteiger partial charge in [0.1, 0.15) is 16.6 Å². The standard InChI is InChI=1S/C8H8ClNO/c1-3-6-7(11-2)4-5-8(9)10-6/h3-5H,1H2,2H3. The minimum atomic E-state index is 0.445. The smallest absolute Gasteiger partial charge is 0.144 e. The van der Waals surface area contributed by atoms with E-state index in [-0.39, 0.29) is 0 Å². The first-order valence-corrected chi connectivity index (χ1v) is 3.48. The molecule has 1 aromatic heterocycles. The number of hydrogen-bond donors (Lipinski definition) is 0. The van der Waals surface area contributed by atoms with E-state index in [1.54, 1.807) is 25.3 Å². The molecule has 0 radical (unpaired) electrons. The van der Waals surface area contributed by atoms with Crippen LogP contribution in [0.2, 0.25) is 5.15 Å². The summed E-state index contributed by atoms with van der Waals surface area (Å²) in [6, 6.07) is 3.43. The van der Waals surface area contributed by atoms with Crippen molar-refractivity contribution in [2.45, 2.75) is 0 Å². The lowest BCUT2D eigenvalue weighted by molar-refractivity contribution is 0.412. The van der Waals surface area contributed by atoms with E-state index in [1.807, 2.05) is 0 Å². The van der Waals surface area contributed by atoms with Gasteiger partial charge in [-0.3, -0.25) is 0 Å². The van der Waals surface area contributed by atoms with Crippen LogP contribution in [0.4, 0.5) is 0 Å². The molecule has 3 heteroatoms. The Morgan fingerprint density at radius 3 is 2.91 bits per heavy atom. The SMILES string of the molecule is C=Cc1nc(Cl)ccc1OC. The van der Waals surface area contributed by atoms with Gasteiger partial charge in [0, 0.05) is 0 Å². The average Bonchev–Trinajstić information content (AvgIpc) is 2.04. The lowest BCUT2D eigenvalue weighted by Crippen LogP contribution is -1.89. The molecule has 0 atom stereocenters. The quantitative estimate of drug-likeness (QED) is 0.635. The molecule has 0 bridgehead atoms. The number of methoxy groups -OCH3 is 1. The van der Waals surface area contributed by atoms with Crippen molar-refractivity contribution in [1.82, 2.24) is 4.98 Å². The molecule has 0 saturated carbocycles. The molecule has 1 aromatic rings. The first-order valence-electron chi connectivity index (χ1n) is 3.11. The van der Waals surface area contributed by atoms with Gasteiger partial charge < -0.3 is 4.74 Å². The maximum absolute atomic E-state index is 5.64. The van der Waals surface area contributed by atoms with Crippen LogP contribution >= 0.6 is 11.6 Å². The van der Waals surface area contributed by atoms with Gasteiger partial charge in [0.25, 0.3) is 0 Å². The van der Waals surface area contributed by atoms with Gasteiger partial charge in [-0.2, -0.15) is 0 Å². The summed E-state index contributed by atoms with van der Waals surface area (Å²) in [6.45, 7) is 3.58. The molecule has 0 amide bonds. The van der Waals surface area contributed by atoms with E-state index >= 15 is 0 Å². The Bertz CT molecular complexity index is 273. The molecule has 0 aliphatic heterocycles. The Balaban J connectivity index is 3.16. The van der Waals surface area contributed by atoms with Crippen molar-refractivity contribution in [3.8, 4) is 5.75 Å². The van der Waals surface area contributed by atoms with Crippen molar-refractivity contribution < 1.29 is 4.74 Å². The average molecular weight is 170 g/mol. The highest BCUT2D eigenvalue weighted by molar-refractivity contribution is 6.29. The van der Waals surface area contributed by atoms with Crippen LogP contribution in [0, 0.1) is 0 Å². The van der Waals surface area contributed by atoms with Crippen molar-refractivity contribution in [3.63, 3.8) is 0 Å². The Labute approximate surface area is 70.5 Å². The molecule has 0 aliphatic rings. The third-order valence-electron chi connectivity index (χ3n) is 1.27. The second kappa shape index (κ2) is 3.39. The number of hydrogen-bond acceptors (Lipinski definition) is 2. The third-order valence-corrected chi connectivity index (χ3v) is 1.48. The van der Waals surface area contributed by atoms with E-state index in [0.29, 0.717) is 16.6 Å². The summed E-state index contributed by atoms with van der Waals surface area (Å²) in [5.74, 6) is 0.685. The molecule has 0 N–H and O–H groups in total. The summed E-state index contributed by atoms with van der Waals surface area (Å²) in [4.78, 5) is 3.98. The molecule has 0 aliphatic carbocycles. The maximum Gasteiger partial charge on any atom is 0.144 e. The minimum absolute atomic E-state index is 0.445. The predicted molar refractivity (Wildman–Crippen MR) is 45.9 cm³/mol. The van der Waals surface area contributed by atoms with Crippen LogP contribution in [0.25, 0.3) is 6.08 Å². The zero-order valence-electron chi connectivity index (χ0n) is 6.17. The molecule has 2 nitrogen and oxygen atoms in total. The molecule has 1 heterocycles. The van der Waals surface area contributed by atoms with Crippen LogP contribution in [0.5, 0.6) is 5.75 Å². The largest absolute Gasteiger partial charge is 0.494 e. The van der Waals surface area contributed by atoms with Crippen molar-refractivity contribution >= 4 is 17.7 Å². The van der Waals surface area contributed by atoms with Gasteiger partial charge >= 0.3 is 0 Å². The molecule has 1 rings (SSSR count). The van der Waals surface area contributed by atoms with Crippen LogP contribution in [0.3, 0.4) is 0 Å². The fraction of sp³-hybridized carbons (Fsp3) is 0.125. The summed E-state index contributed by atoms with van der Waals surface area (Å²) in [6.07, 6.45) is 1.60. The highest BCUT2D eigenvalue weighted by Gasteiger charge is 1.99. The molecular formula is C8H8ClNO. The Morgan fingerprint density at radius 2 is 2.36 bits per heavy atom. The number of rotatable bonds is 2. The predicted octanol–water partition coefficient (Wildman–Crippen LogP) is 2.39. The second-order valence-electron chi connectivity index (χ2n) is 1.93. The first-order chi connectivity index (χ1) is 5.27. The topological polar surface area (TPSA) is 22.1 Å². The van der Waals surface area contributed by atoms with Crippen LogP contribution in [0.15, 0.2) is 18.7 Å². The third kappa shape index (κ3) is 1.71. The second-order valence-corrected chi connectivity index (χ2v) is 2.31. The van der Waals surface area contributed by atoms with Crippen LogP contribution in [-0.4, -0.2) is 12.1 Å². The lowest BCUT2D eigenvalue weighted by Gasteiger charge is -2.02. The summed E-state index contributed by atoms with van der Waals surface area (Å²) < 4.78 is 5.00. The highest BCUT2D eigenvalue weighted by atomic mass is 35.5. The summed E-state index contributed by atoms with van der Waals surface area (Å²) >= 11 is 5.64. The molecule has 0 spiro atoms. The fourth-order valence-electron chi connectivity index (χ4n) is 0.756. The van der Waals surface area contributed by atoms with E-state index in [9.17, 15) is 0 Å². The molecule has 0 saturated heterocycles. The van der Waals surface area contributed by atoms with Gasteiger partial charge in [-0.15, -0.1) is 0 Å². The molecule has 0 fully saturated rings. The van der Waals surface area contributed by atoms with Gasteiger partial charge in [0.05, 0.1) is 7.11 Å². The number of aromatic nitrogens is 1. The summed E-state index contributed by atoms with van der Waals surface area (Å²) in [5.41, 5.74) is 0.667. The Hall–Kier alpha value is -1.02.